The van der Waals surface area contributed by atoms with Crippen LogP contribution in [0.25, 0.3) is 0 Å². The molecule has 1 atom stereocenters. The van der Waals surface area contributed by atoms with Gasteiger partial charge in [-0.15, -0.1) is 11.8 Å². The van der Waals surface area contributed by atoms with Crippen molar-refractivity contribution in [3.8, 4) is 5.75 Å². The van der Waals surface area contributed by atoms with E-state index in [4.69, 9.17) is 0 Å². The number of hydrazine groups is 1. The molecule has 0 saturated carbocycles. The van der Waals surface area contributed by atoms with Crippen molar-refractivity contribution in [2.75, 3.05) is 12.8 Å². The van der Waals surface area contributed by atoms with Crippen molar-refractivity contribution >= 4 is 17.7 Å². The van der Waals surface area contributed by atoms with E-state index in [0.29, 0.717) is 11.5 Å². The number of phenolic OH excluding ortho intramolecular Hbond substituents is 1. The molecule has 1 fully saturated rings. The van der Waals surface area contributed by atoms with Gasteiger partial charge in [-0.05, 0) is 60.4 Å². The Labute approximate surface area is 169 Å². The Morgan fingerprint density at radius 1 is 1.11 bits per heavy atom. The molecule has 27 heavy (non-hydrogen) atoms. The van der Waals surface area contributed by atoms with Gasteiger partial charge in [-0.2, -0.15) is 0 Å². The average Bonchev–Trinajstić information content (AvgIpc) is 2.80. The second-order valence-electron chi connectivity index (χ2n) is 10.1. The number of benzene rings is 1. The summed E-state index contributed by atoms with van der Waals surface area (Å²) >= 11 is 1.66. The number of hydrogen-bond acceptors (Lipinski definition) is 4. The molecule has 1 aromatic rings. The van der Waals surface area contributed by atoms with Gasteiger partial charge in [0.25, 0.3) is 0 Å². The van der Waals surface area contributed by atoms with Crippen LogP contribution < -0.4 is 0 Å². The number of rotatable bonds is 3. The van der Waals surface area contributed by atoms with Gasteiger partial charge < -0.3 is 5.11 Å². The maximum absolute atomic E-state index is 12.8. The van der Waals surface area contributed by atoms with E-state index in [1.54, 1.807) is 11.8 Å². The largest absolute Gasteiger partial charge is 0.507 e. The van der Waals surface area contributed by atoms with Crippen LogP contribution in [-0.4, -0.2) is 39.9 Å². The molecule has 2 rings (SSSR count). The molecule has 1 aliphatic heterocycles. The number of nitrogens with zero attached hydrogens (tertiary/aromatic N) is 2. The van der Waals surface area contributed by atoms with Gasteiger partial charge in [-0.25, -0.2) is 5.01 Å². The Balaban J connectivity index is 2.75. The Hall–Kier alpha value is -1.20. The summed E-state index contributed by atoms with van der Waals surface area (Å²) in [7, 11) is 1.97. The van der Waals surface area contributed by atoms with E-state index >= 15 is 0 Å². The van der Waals surface area contributed by atoms with E-state index in [1.165, 1.54) is 0 Å². The van der Waals surface area contributed by atoms with Crippen molar-refractivity contribution in [2.45, 2.75) is 84.1 Å². The van der Waals surface area contributed by atoms with Crippen molar-refractivity contribution in [2.24, 2.45) is 0 Å². The number of carbonyl (C=O) groups is 1. The fourth-order valence-corrected chi connectivity index (χ4v) is 4.69. The van der Waals surface area contributed by atoms with Crippen LogP contribution in [0.15, 0.2) is 12.1 Å². The molecule has 152 valence electrons. The van der Waals surface area contributed by atoms with Crippen LogP contribution in [0.4, 0.5) is 0 Å². The molecule has 1 aliphatic rings. The van der Waals surface area contributed by atoms with Crippen LogP contribution in [0, 0.1) is 0 Å². The normalized spacial score (nSPS) is 21.6. The average molecular weight is 393 g/mol. The van der Waals surface area contributed by atoms with E-state index in [1.807, 2.05) is 17.1 Å². The van der Waals surface area contributed by atoms with Gasteiger partial charge in [-0.1, -0.05) is 41.5 Å². The van der Waals surface area contributed by atoms with Gasteiger partial charge in [0, 0.05) is 13.1 Å². The Kier molecular flexibility index (Phi) is 5.73. The summed E-state index contributed by atoms with van der Waals surface area (Å²) in [6.45, 7) is 19.0. The van der Waals surface area contributed by atoms with Crippen LogP contribution in [0.2, 0.25) is 0 Å². The van der Waals surface area contributed by atoms with Crippen LogP contribution >= 0.6 is 11.8 Å². The maximum Gasteiger partial charge on any atom is 0.248 e. The molecular weight excluding hydrogens is 356 g/mol. The predicted octanol–water partition coefficient (Wildman–Crippen LogP) is 4.99. The first kappa shape index (κ1) is 22.1. The minimum atomic E-state index is -0.496. The third-order valence-corrected chi connectivity index (χ3v) is 6.80. The van der Waals surface area contributed by atoms with E-state index in [9.17, 15) is 9.90 Å². The molecule has 5 heteroatoms. The molecule has 1 aromatic carbocycles. The third-order valence-electron chi connectivity index (χ3n) is 5.44. The summed E-state index contributed by atoms with van der Waals surface area (Å²) in [6.07, 6.45) is 0. The van der Waals surface area contributed by atoms with Gasteiger partial charge in [0.2, 0.25) is 5.91 Å². The first-order chi connectivity index (χ1) is 12.1. The topological polar surface area (TPSA) is 43.8 Å². The molecule has 1 N–H and O–H groups in total. The molecule has 4 nitrogen and oxygen atoms in total. The molecule has 1 unspecified atom stereocenters. The van der Waals surface area contributed by atoms with Crippen molar-refractivity contribution < 1.29 is 9.90 Å². The van der Waals surface area contributed by atoms with Gasteiger partial charge in [0.15, 0.2) is 0 Å². The number of thioether (sulfide) groups is 1. The second kappa shape index (κ2) is 7.00. The number of amides is 1. The lowest BCUT2D eigenvalue weighted by Crippen LogP contribution is -2.52. The fourth-order valence-electron chi connectivity index (χ4n) is 3.52. The van der Waals surface area contributed by atoms with Gasteiger partial charge >= 0.3 is 0 Å². The van der Waals surface area contributed by atoms with Crippen LogP contribution in [-0.2, 0) is 20.5 Å². The fraction of sp³-hybridized carbons (Fsp3) is 0.682. The minimum absolute atomic E-state index is 0.126. The van der Waals surface area contributed by atoms with Crippen LogP contribution in [0.5, 0.6) is 5.75 Å². The molecule has 1 heterocycles. The summed E-state index contributed by atoms with van der Waals surface area (Å²) in [5.74, 6) is 0.964. The SMILES string of the molecule is CC(C)N(C)N1C(=O)CSC1(C)c1cc(C(C)(C)C)c(O)c(C(C)(C)C)c1. The first-order valence-electron chi connectivity index (χ1n) is 9.69. The summed E-state index contributed by atoms with van der Waals surface area (Å²) in [4.78, 5) is 12.3. The van der Waals surface area contributed by atoms with Crippen LogP contribution in [0.1, 0.15) is 79.0 Å². The molecule has 0 aliphatic carbocycles. The first-order valence-corrected chi connectivity index (χ1v) is 10.7. The van der Waals surface area contributed by atoms with E-state index in [2.05, 4.69) is 74.4 Å². The summed E-state index contributed by atoms with van der Waals surface area (Å²) in [5, 5.41) is 15.0. The smallest absolute Gasteiger partial charge is 0.248 e. The summed E-state index contributed by atoms with van der Waals surface area (Å²) in [6, 6.07) is 4.41. The summed E-state index contributed by atoms with van der Waals surface area (Å²) < 4.78 is 0. The molecule has 0 bridgehead atoms. The Morgan fingerprint density at radius 3 is 1.93 bits per heavy atom. The second-order valence-corrected chi connectivity index (χ2v) is 11.4. The molecule has 1 saturated heterocycles. The van der Waals surface area contributed by atoms with E-state index in [0.717, 1.165) is 16.7 Å². The summed E-state index contributed by atoms with van der Waals surface area (Å²) in [5.41, 5.74) is 2.53. The zero-order valence-electron chi connectivity index (χ0n) is 18.6. The van der Waals surface area contributed by atoms with Crippen molar-refractivity contribution in [1.29, 1.82) is 0 Å². The number of aromatic hydroxyl groups is 1. The lowest BCUT2D eigenvalue weighted by molar-refractivity contribution is -0.153. The molecule has 0 spiro atoms. The van der Waals surface area contributed by atoms with Crippen molar-refractivity contribution in [3.05, 3.63) is 28.8 Å². The maximum atomic E-state index is 12.8. The molecule has 0 aromatic heterocycles. The predicted molar refractivity (Wildman–Crippen MR) is 115 cm³/mol. The highest BCUT2D eigenvalue weighted by Gasteiger charge is 2.47. The monoisotopic (exact) mass is 392 g/mol. The van der Waals surface area contributed by atoms with Crippen molar-refractivity contribution in [1.82, 2.24) is 10.0 Å². The highest BCUT2D eigenvalue weighted by Crippen LogP contribution is 2.49. The lowest BCUT2D eigenvalue weighted by Gasteiger charge is -2.43. The Morgan fingerprint density at radius 2 is 1.56 bits per heavy atom. The van der Waals surface area contributed by atoms with E-state index < -0.39 is 4.87 Å². The number of phenols is 1. The zero-order valence-corrected chi connectivity index (χ0v) is 19.4. The van der Waals surface area contributed by atoms with Crippen LogP contribution in [0.3, 0.4) is 0 Å². The molecular formula is C22H36N2O2S. The van der Waals surface area contributed by atoms with Crippen molar-refractivity contribution in [3.63, 3.8) is 0 Å². The quantitative estimate of drug-likeness (QED) is 0.787. The Bertz CT molecular complexity index is 696. The lowest BCUT2D eigenvalue weighted by atomic mass is 9.77. The van der Waals surface area contributed by atoms with E-state index in [-0.39, 0.29) is 22.8 Å². The minimum Gasteiger partial charge on any atom is -0.507 e. The zero-order chi connectivity index (χ0) is 20.9. The number of carbonyl (C=O) groups excluding carboxylic acids is 1. The third kappa shape index (κ3) is 4.00. The standard InChI is InChI=1S/C22H36N2O2S/c1-14(2)23(10)24-18(25)13-27-22(24,9)15-11-16(20(3,4)5)19(26)17(12-15)21(6,7)8/h11-12,14,26H,13H2,1-10H3. The highest BCUT2D eigenvalue weighted by atomic mass is 32.2. The highest BCUT2D eigenvalue weighted by molar-refractivity contribution is 8.01. The van der Waals surface area contributed by atoms with Gasteiger partial charge in [0.1, 0.15) is 10.6 Å². The molecule has 1 amide bonds. The molecule has 0 radical (unpaired) electrons. The van der Waals surface area contributed by atoms with Gasteiger partial charge in [-0.3, -0.25) is 9.80 Å². The van der Waals surface area contributed by atoms with Gasteiger partial charge in [0.05, 0.1) is 5.75 Å². The number of hydrogen-bond donors (Lipinski definition) is 1.